The van der Waals surface area contributed by atoms with Crippen LogP contribution in [-0.2, 0) is 6.54 Å². The smallest absolute Gasteiger partial charge is 0.191 e. The molecule has 0 aliphatic carbocycles. The van der Waals surface area contributed by atoms with E-state index in [1.165, 1.54) is 25.8 Å². The molecule has 1 aliphatic heterocycles. The summed E-state index contributed by atoms with van der Waals surface area (Å²) in [6.07, 6.45) is 5.18. The summed E-state index contributed by atoms with van der Waals surface area (Å²) in [5.41, 5.74) is 1.83. The minimum Gasteiger partial charge on any atom is -0.356 e. The van der Waals surface area contributed by atoms with E-state index in [-0.39, 0.29) is 24.0 Å². The monoisotopic (exact) mass is 455 g/mol. The van der Waals surface area contributed by atoms with E-state index in [0.717, 1.165) is 37.1 Å². The molecule has 25 heavy (non-hydrogen) atoms. The van der Waals surface area contributed by atoms with Crippen LogP contribution >= 0.6 is 24.0 Å². The largest absolute Gasteiger partial charge is 0.356 e. The van der Waals surface area contributed by atoms with Crippen molar-refractivity contribution < 1.29 is 0 Å². The second kappa shape index (κ2) is 12.1. The van der Waals surface area contributed by atoms with Gasteiger partial charge in [-0.2, -0.15) is 5.26 Å². The molecule has 0 radical (unpaired) electrons. The first-order valence-electron chi connectivity index (χ1n) is 8.90. The Bertz CT molecular complexity index is 564. The first kappa shape index (κ1) is 21.7. The Morgan fingerprint density at radius 3 is 2.68 bits per heavy atom. The summed E-state index contributed by atoms with van der Waals surface area (Å²) in [5.74, 6) is 0.825. The summed E-state index contributed by atoms with van der Waals surface area (Å²) in [6, 6.07) is 10.5. The maximum Gasteiger partial charge on any atom is 0.191 e. The Kier molecular flexibility index (Phi) is 10.5. The fourth-order valence-corrected chi connectivity index (χ4v) is 3.08. The molecule has 1 aromatic rings. The van der Waals surface area contributed by atoms with Crippen molar-refractivity contribution >= 4 is 29.9 Å². The van der Waals surface area contributed by atoms with Gasteiger partial charge in [-0.25, -0.2) is 0 Å². The topological polar surface area (TPSA) is 63.5 Å². The molecule has 0 bridgehead atoms. The van der Waals surface area contributed by atoms with Gasteiger partial charge in [0.05, 0.1) is 11.6 Å². The molecular formula is C19H30IN5. The number of rotatable bonds is 6. The second-order valence-electron chi connectivity index (χ2n) is 6.40. The van der Waals surface area contributed by atoms with Crippen LogP contribution in [0.1, 0.15) is 43.7 Å². The molecule has 138 valence electrons. The van der Waals surface area contributed by atoms with Crippen LogP contribution < -0.4 is 10.6 Å². The Balaban J connectivity index is 0.00000312. The zero-order valence-corrected chi connectivity index (χ0v) is 17.6. The number of nitrogens with zero attached hydrogens (tertiary/aromatic N) is 3. The lowest BCUT2D eigenvalue weighted by molar-refractivity contribution is 0.159. The van der Waals surface area contributed by atoms with Gasteiger partial charge in [0.15, 0.2) is 5.96 Å². The van der Waals surface area contributed by atoms with Crippen molar-refractivity contribution in [3.63, 3.8) is 0 Å². The van der Waals surface area contributed by atoms with Crippen LogP contribution in [0.2, 0.25) is 0 Å². The second-order valence-corrected chi connectivity index (χ2v) is 6.40. The molecule has 0 saturated carbocycles. The number of guanidine groups is 1. The molecule has 1 fully saturated rings. The van der Waals surface area contributed by atoms with E-state index in [4.69, 9.17) is 5.26 Å². The van der Waals surface area contributed by atoms with E-state index in [1.54, 1.807) is 7.05 Å². The number of hydrogen-bond acceptors (Lipinski definition) is 3. The molecule has 0 amide bonds. The van der Waals surface area contributed by atoms with E-state index in [1.807, 2.05) is 24.3 Å². The van der Waals surface area contributed by atoms with Crippen LogP contribution in [0.3, 0.4) is 0 Å². The Morgan fingerprint density at radius 2 is 2.04 bits per heavy atom. The van der Waals surface area contributed by atoms with Gasteiger partial charge in [0.2, 0.25) is 0 Å². The maximum absolute atomic E-state index is 8.82. The summed E-state index contributed by atoms with van der Waals surface area (Å²) >= 11 is 0. The van der Waals surface area contributed by atoms with Gasteiger partial charge in [-0.15, -0.1) is 24.0 Å². The van der Waals surface area contributed by atoms with Crippen LogP contribution in [0.15, 0.2) is 29.3 Å². The SMILES string of the molecule is CN=C(NCCCN1CCCCC1C)NCc1ccc(C#N)cc1.I. The van der Waals surface area contributed by atoms with Crippen LogP contribution in [-0.4, -0.2) is 43.6 Å². The Hall–Kier alpha value is -1.33. The minimum absolute atomic E-state index is 0. The predicted octanol–water partition coefficient (Wildman–Crippen LogP) is 3.11. The number of likely N-dealkylation sites (tertiary alicyclic amines) is 1. The van der Waals surface area contributed by atoms with Crippen molar-refractivity contribution in [2.24, 2.45) is 4.99 Å². The summed E-state index contributed by atoms with van der Waals surface area (Å²) in [7, 11) is 1.79. The third kappa shape index (κ3) is 7.61. The average Bonchev–Trinajstić information content (AvgIpc) is 2.63. The molecule has 1 aromatic carbocycles. The average molecular weight is 455 g/mol. The van der Waals surface area contributed by atoms with E-state index >= 15 is 0 Å². The molecule has 1 heterocycles. The molecule has 6 heteroatoms. The molecule has 1 aliphatic rings. The number of aliphatic imine (C=N–C) groups is 1. The van der Waals surface area contributed by atoms with Crippen molar-refractivity contribution in [1.82, 2.24) is 15.5 Å². The first-order valence-corrected chi connectivity index (χ1v) is 8.90. The Labute approximate surface area is 168 Å². The van der Waals surface area contributed by atoms with E-state index in [9.17, 15) is 0 Å². The fraction of sp³-hybridized carbons (Fsp3) is 0.579. The van der Waals surface area contributed by atoms with Crippen molar-refractivity contribution in [2.75, 3.05) is 26.7 Å². The van der Waals surface area contributed by atoms with Crippen molar-refractivity contribution in [1.29, 1.82) is 5.26 Å². The highest BCUT2D eigenvalue weighted by atomic mass is 127. The highest BCUT2D eigenvalue weighted by Gasteiger charge is 2.17. The molecule has 2 rings (SSSR count). The summed E-state index contributed by atoms with van der Waals surface area (Å²) in [5, 5.41) is 15.5. The quantitative estimate of drug-likeness (QED) is 0.300. The number of benzene rings is 1. The van der Waals surface area contributed by atoms with E-state index in [0.29, 0.717) is 12.1 Å². The lowest BCUT2D eigenvalue weighted by Gasteiger charge is -2.33. The molecule has 0 aromatic heterocycles. The molecule has 0 spiro atoms. The van der Waals surface area contributed by atoms with Gasteiger partial charge in [0, 0.05) is 32.7 Å². The number of nitriles is 1. The zero-order chi connectivity index (χ0) is 17.2. The summed E-state index contributed by atoms with van der Waals surface area (Å²) in [6.45, 7) is 6.36. The van der Waals surface area contributed by atoms with Gasteiger partial charge >= 0.3 is 0 Å². The predicted molar refractivity (Wildman–Crippen MR) is 114 cm³/mol. The molecule has 1 atom stereocenters. The van der Waals surface area contributed by atoms with Gasteiger partial charge in [0.1, 0.15) is 0 Å². The highest BCUT2D eigenvalue weighted by molar-refractivity contribution is 14.0. The Morgan fingerprint density at radius 1 is 1.28 bits per heavy atom. The van der Waals surface area contributed by atoms with E-state index in [2.05, 4.69) is 33.5 Å². The molecule has 1 saturated heterocycles. The molecule has 5 nitrogen and oxygen atoms in total. The standard InChI is InChI=1S/C19H29N5.HI/c1-16-6-3-4-12-24(16)13-5-11-22-19(21-2)23-15-18-9-7-17(14-20)8-10-18;/h7-10,16H,3-6,11-13,15H2,1-2H3,(H2,21,22,23);1H. The van der Waals surface area contributed by atoms with Gasteiger partial charge in [0.25, 0.3) is 0 Å². The van der Waals surface area contributed by atoms with Crippen LogP contribution in [0.25, 0.3) is 0 Å². The zero-order valence-electron chi connectivity index (χ0n) is 15.3. The number of halogens is 1. The van der Waals surface area contributed by atoms with Crippen molar-refractivity contribution in [3.05, 3.63) is 35.4 Å². The number of piperidine rings is 1. The maximum atomic E-state index is 8.82. The lowest BCUT2D eigenvalue weighted by Crippen LogP contribution is -2.41. The van der Waals surface area contributed by atoms with Gasteiger partial charge in [-0.3, -0.25) is 4.99 Å². The molecule has 1 unspecified atom stereocenters. The third-order valence-electron chi connectivity index (χ3n) is 4.62. The number of hydrogen-bond donors (Lipinski definition) is 2. The minimum atomic E-state index is 0. The number of nitrogens with one attached hydrogen (secondary N) is 2. The van der Waals surface area contributed by atoms with Crippen LogP contribution in [0.5, 0.6) is 0 Å². The normalized spacial score (nSPS) is 18.1. The lowest BCUT2D eigenvalue weighted by atomic mass is 10.0. The van der Waals surface area contributed by atoms with E-state index < -0.39 is 0 Å². The third-order valence-corrected chi connectivity index (χ3v) is 4.62. The first-order chi connectivity index (χ1) is 11.7. The highest BCUT2D eigenvalue weighted by Crippen LogP contribution is 2.16. The van der Waals surface area contributed by atoms with Crippen molar-refractivity contribution in [2.45, 2.75) is 45.2 Å². The fourth-order valence-electron chi connectivity index (χ4n) is 3.08. The van der Waals surface area contributed by atoms with Crippen LogP contribution in [0.4, 0.5) is 0 Å². The van der Waals surface area contributed by atoms with Crippen LogP contribution in [0, 0.1) is 11.3 Å². The molecule has 2 N–H and O–H groups in total. The van der Waals surface area contributed by atoms with Gasteiger partial charge < -0.3 is 15.5 Å². The summed E-state index contributed by atoms with van der Waals surface area (Å²) in [4.78, 5) is 6.86. The van der Waals surface area contributed by atoms with Gasteiger partial charge in [-0.1, -0.05) is 18.6 Å². The van der Waals surface area contributed by atoms with Gasteiger partial charge in [-0.05, 0) is 50.4 Å². The van der Waals surface area contributed by atoms with Crippen molar-refractivity contribution in [3.8, 4) is 6.07 Å². The summed E-state index contributed by atoms with van der Waals surface area (Å²) < 4.78 is 0. The molecular weight excluding hydrogens is 425 g/mol.